The van der Waals surface area contributed by atoms with Gasteiger partial charge in [0, 0.05) is 51.4 Å². The van der Waals surface area contributed by atoms with Gasteiger partial charge in [0.25, 0.3) is 0 Å². The zero-order valence-electron chi connectivity index (χ0n) is 81.8. The summed E-state index contributed by atoms with van der Waals surface area (Å²) < 4.78 is 4.56. The third-order valence-corrected chi connectivity index (χ3v) is 30.2. The number of imidazole rings is 2. The average Bonchev–Trinajstić information content (AvgIpc) is 0.959. The summed E-state index contributed by atoms with van der Waals surface area (Å²) in [4.78, 5) is 19.9. The number of hydrogen-bond donors (Lipinski definition) is 0. The second-order valence-electron chi connectivity index (χ2n) is 39.0. The van der Waals surface area contributed by atoms with Gasteiger partial charge in [-0.05, 0) is 317 Å². The monoisotopic (exact) mass is 1900 g/mol. The normalized spacial score (nSPS) is 11.6. The van der Waals surface area contributed by atoms with Gasteiger partial charge in [0.1, 0.15) is 11.6 Å². The summed E-state index contributed by atoms with van der Waals surface area (Å²) in [6.45, 7) is 0. The number of para-hydroxylation sites is 6. The van der Waals surface area contributed by atoms with Crippen LogP contribution >= 0.6 is 0 Å². The molecule has 0 saturated heterocycles. The molecule has 4 aromatic heterocycles. The Hall–Kier alpha value is -19.9. The van der Waals surface area contributed by atoms with Crippen molar-refractivity contribution >= 4 is 151 Å². The van der Waals surface area contributed by atoms with E-state index in [1.54, 1.807) is 0 Å². The number of fused-ring (bicyclic) bond motifs is 14. The van der Waals surface area contributed by atoms with Crippen LogP contribution in [0, 0.1) is 0 Å². The molecule has 0 atom stereocenters. The van der Waals surface area contributed by atoms with Crippen molar-refractivity contribution in [2.24, 2.45) is 0 Å². The van der Waals surface area contributed by atoms with Crippen LogP contribution in [0.15, 0.2) is 558 Å². The maximum atomic E-state index is 5.25. The third-order valence-electron chi connectivity index (χ3n) is 30.2. The van der Waals surface area contributed by atoms with Gasteiger partial charge >= 0.3 is 0 Å². The predicted molar refractivity (Wildman–Crippen MR) is 634 cm³/mol. The van der Waals surface area contributed by atoms with Crippen LogP contribution in [0.5, 0.6) is 0 Å². The van der Waals surface area contributed by atoms with Crippen LogP contribution in [-0.2, 0) is 0 Å². The minimum Gasteiger partial charge on any atom is -0.292 e. The van der Waals surface area contributed by atoms with Gasteiger partial charge in [-0.1, -0.05) is 431 Å². The lowest BCUT2D eigenvalue weighted by Crippen LogP contribution is -1.98. The Morgan fingerprint density at radius 3 is 0.800 bits per heavy atom. The molecule has 698 valence electrons. The number of aromatic nitrogens is 6. The zero-order chi connectivity index (χ0) is 99.1. The molecular weight excluding hydrogens is 1810 g/mol. The Labute approximate surface area is 867 Å². The standard InChI is InChI=1S/C49H32N2.C48H30N2.C47H30N2/c1-3-14-35(15-4-1)47-41-19-9-10-20-42(41)48(39-24-23-33-13-7-8-18-37(33)31-39)43-30-27-38(32-44(43)47)34-25-28-40(29-26-34)51-46-22-12-11-21-45(46)50-49(51)36-16-5-2-6-17-36;1-3-11-33-25-37(19-17-31(33)9-1)47-41-14-6-7-15-42(41)48(38-20-18-32-10-2-4-12-34(32)26-38)44-28-35(21-23-43(44)47)39-22-24-46(49-29-39)40-27-36-13-5-8-16-45(36)50-30-40;1-2-16-38(17-3-1)49-44-21-11-10-20-43(44)48-47(49)37-26-27-41-42(30-37)46(36-25-23-32-13-5-7-15-34(32)29-36)40-19-9-8-18-39(40)45(41)35-24-22-31-12-4-6-14-33(31)28-35/h1-32H;1-30H;1-30H. The smallest absolute Gasteiger partial charge is 0.145 e. The third kappa shape index (κ3) is 15.8. The number of nitrogens with zero attached hydrogens (tertiary/aromatic N) is 6. The lowest BCUT2D eigenvalue weighted by Gasteiger charge is -2.19. The van der Waals surface area contributed by atoms with E-state index in [1.807, 2.05) is 36.7 Å². The highest BCUT2D eigenvalue weighted by Gasteiger charge is 2.26. The lowest BCUT2D eigenvalue weighted by atomic mass is 9.84. The second kappa shape index (κ2) is 37.4. The molecule has 0 aliphatic rings. The quantitative estimate of drug-likeness (QED) is 0.108. The Balaban J connectivity index is 0.000000108. The molecular formula is C144H92N6. The van der Waals surface area contributed by atoms with E-state index in [4.69, 9.17) is 15.0 Å². The Kier molecular flexibility index (Phi) is 21.9. The van der Waals surface area contributed by atoms with Gasteiger partial charge in [0.05, 0.1) is 33.3 Å². The van der Waals surface area contributed by atoms with Crippen LogP contribution in [0.3, 0.4) is 0 Å². The van der Waals surface area contributed by atoms with Crippen molar-refractivity contribution < 1.29 is 0 Å². The van der Waals surface area contributed by atoms with Gasteiger partial charge in [-0.15, -0.1) is 0 Å². The molecule has 0 radical (unpaired) electrons. The van der Waals surface area contributed by atoms with Crippen LogP contribution in [0.2, 0.25) is 0 Å². The molecule has 150 heavy (non-hydrogen) atoms. The number of benzene rings is 26. The summed E-state index contributed by atoms with van der Waals surface area (Å²) >= 11 is 0. The van der Waals surface area contributed by atoms with Gasteiger partial charge in [0.2, 0.25) is 0 Å². The molecule has 0 bridgehead atoms. The fourth-order valence-corrected chi connectivity index (χ4v) is 23.1. The molecule has 0 unspecified atom stereocenters. The SMILES string of the molecule is c1ccc(-c2c3ccccc3c(-c3ccc4ccccc4c3)c3ccc(-c4ccc(-n5c(-c6ccccc6)nc6ccccc65)cc4)cc23)cc1.c1ccc(-n2c(-c3ccc4c(-c5ccc6ccccc6c5)c5ccccc5c(-c5ccc6ccccc6c5)c4c3)nc3ccccc32)cc1.c1ccc2cc(-c3c4ccccc4c(-c4ccc5ccccc5c4)c4cc(-c5ccc(-c6cnc7ccccc7c6)nc5)ccc34)ccc2c1. The Bertz CT molecular complexity index is 10600. The van der Waals surface area contributed by atoms with Crippen molar-refractivity contribution in [2.45, 2.75) is 0 Å². The van der Waals surface area contributed by atoms with Crippen molar-refractivity contribution in [2.75, 3.05) is 0 Å². The topological polar surface area (TPSA) is 61.4 Å². The highest BCUT2D eigenvalue weighted by Crippen LogP contribution is 2.52. The second-order valence-corrected chi connectivity index (χ2v) is 39.0. The van der Waals surface area contributed by atoms with E-state index in [1.165, 1.54) is 196 Å². The van der Waals surface area contributed by atoms with Gasteiger partial charge < -0.3 is 0 Å². The van der Waals surface area contributed by atoms with E-state index < -0.39 is 0 Å². The Morgan fingerprint density at radius 1 is 0.133 bits per heavy atom. The molecule has 0 spiro atoms. The first kappa shape index (κ1) is 87.8. The highest BCUT2D eigenvalue weighted by molar-refractivity contribution is 6.26. The molecule has 0 fully saturated rings. The van der Waals surface area contributed by atoms with Crippen LogP contribution in [-0.4, -0.2) is 29.1 Å². The highest BCUT2D eigenvalue weighted by atomic mass is 15.1. The minimum atomic E-state index is 0.911. The van der Waals surface area contributed by atoms with Crippen molar-refractivity contribution in [1.82, 2.24) is 29.1 Å². The van der Waals surface area contributed by atoms with Crippen molar-refractivity contribution in [1.29, 1.82) is 0 Å². The predicted octanol–water partition coefficient (Wildman–Crippen LogP) is 38.7. The van der Waals surface area contributed by atoms with Gasteiger partial charge in [-0.3, -0.25) is 19.1 Å². The van der Waals surface area contributed by atoms with Crippen molar-refractivity contribution in [3.8, 4) is 134 Å². The largest absolute Gasteiger partial charge is 0.292 e. The summed E-state index contributed by atoms with van der Waals surface area (Å²) in [5.74, 6) is 1.87. The lowest BCUT2D eigenvalue weighted by molar-refractivity contribution is 1.10. The van der Waals surface area contributed by atoms with E-state index in [0.717, 1.165) is 89.5 Å². The number of hydrogen-bond acceptors (Lipinski definition) is 4. The summed E-state index contributed by atoms with van der Waals surface area (Å²) in [7, 11) is 0. The molecule has 30 aromatic rings. The molecule has 4 heterocycles. The van der Waals surface area contributed by atoms with Crippen LogP contribution < -0.4 is 0 Å². The summed E-state index contributed by atoms with van der Waals surface area (Å²) in [5, 5.41) is 28.4. The summed E-state index contributed by atoms with van der Waals surface area (Å²) in [6, 6.07) is 197. The van der Waals surface area contributed by atoms with Crippen LogP contribution in [0.4, 0.5) is 0 Å². The first-order chi connectivity index (χ1) is 74.4. The Morgan fingerprint density at radius 2 is 0.400 bits per heavy atom. The fourth-order valence-electron chi connectivity index (χ4n) is 23.1. The first-order valence-corrected chi connectivity index (χ1v) is 51.3. The molecule has 0 aliphatic heterocycles. The molecule has 0 amide bonds. The molecule has 0 N–H and O–H groups in total. The molecule has 6 nitrogen and oxygen atoms in total. The van der Waals surface area contributed by atoms with E-state index in [-0.39, 0.29) is 0 Å². The fraction of sp³-hybridized carbons (Fsp3) is 0. The van der Waals surface area contributed by atoms with E-state index >= 15 is 0 Å². The average molecular weight is 1910 g/mol. The maximum absolute atomic E-state index is 5.25. The molecule has 6 heteroatoms. The number of pyridine rings is 2. The maximum Gasteiger partial charge on any atom is 0.145 e. The van der Waals surface area contributed by atoms with Gasteiger partial charge in [-0.2, -0.15) is 0 Å². The molecule has 26 aromatic carbocycles. The van der Waals surface area contributed by atoms with Gasteiger partial charge in [0.15, 0.2) is 0 Å². The first-order valence-electron chi connectivity index (χ1n) is 51.3. The molecule has 0 aliphatic carbocycles. The summed E-state index contributed by atoms with van der Waals surface area (Å²) in [5.41, 5.74) is 30.8. The zero-order valence-corrected chi connectivity index (χ0v) is 81.8. The van der Waals surface area contributed by atoms with Crippen LogP contribution in [0.1, 0.15) is 0 Å². The van der Waals surface area contributed by atoms with Crippen molar-refractivity contribution in [3.05, 3.63) is 558 Å². The summed E-state index contributed by atoms with van der Waals surface area (Å²) in [6.07, 6.45) is 3.91. The molecule has 30 rings (SSSR count). The minimum absolute atomic E-state index is 0.911. The van der Waals surface area contributed by atoms with E-state index in [9.17, 15) is 0 Å². The van der Waals surface area contributed by atoms with Gasteiger partial charge in [-0.25, -0.2) is 9.97 Å². The number of rotatable bonds is 13. The van der Waals surface area contributed by atoms with E-state index in [2.05, 4.69) is 536 Å². The molecule has 0 saturated carbocycles. The van der Waals surface area contributed by atoms with E-state index in [0.29, 0.717) is 0 Å². The van der Waals surface area contributed by atoms with Crippen LogP contribution in [0.25, 0.3) is 286 Å². The van der Waals surface area contributed by atoms with Crippen molar-refractivity contribution in [3.63, 3.8) is 0 Å².